The Morgan fingerprint density at radius 2 is 1.40 bits per heavy atom. The molecule has 30 heavy (non-hydrogen) atoms. The van der Waals surface area contributed by atoms with E-state index in [-0.39, 0.29) is 0 Å². The quantitative estimate of drug-likeness (QED) is 0.183. The molecule has 0 saturated carbocycles. The predicted molar refractivity (Wildman–Crippen MR) is 140 cm³/mol. The number of allylic oxidation sites excluding steroid dienone is 3. The minimum absolute atomic E-state index is 0.357. The van der Waals surface area contributed by atoms with Gasteiger partial charge in [0.1, 0.15) is 0 Å². The van der Waals surface area contributed by atoms with Crippen LogP contribution < -0.4 is 0 Å². The summed E-state index contributed by atoms with van der Waals surface area (Å²) in [6, 6.07) is 0. The van der Waals surface area contributed by atoms with Crippen molar-refractivity contribution < 1.29 is 0 Å². The van der Waals surface area contributed by atoms with E-state index in [0.29, 0.717) is 22.7 Å². The minimum atomic E-state index is 0.357. The molecular formula is C30H58. The van der Waals surface area contributed by atoms with E-state index in [0.717, 1.165) is 11.8 Å². The van der Waals surface area contributed by atoms with Gasteiger partial charge in [0.05, 0.1) is 0 Å². The first-order valence-corrected chi connectivity index (χ1v) is 13.0. The summed E-state index contributed by atoms with van der Waals surface area (Å²) in [4.78, 5) is 0. The Hall–Kier alpha value is -0.520. The van der Waals surface area contributed by atoms with Crippen LogP contribution in [0.4, 0.5) is 0 Å². The van der Waals surface area contributed by atoms with E-state index in [9.17, 15) is 0 Å². The van der Waals surface area contributed by atoms with Gasteiger partial charge in [-0.25, -0.2) is 0 Å². The monoisotopic (exact) mass is 418 g/mol. The van der Waals surface area contributed by atoms with E-state index >= 15 is 0 Å². The van der Waals surface area contributed by atoms with Gasteiger partial charge in [-0.1, -0.05) is 126 Å². The molecule has 0 aromatic rings. The molecule has 0 radical (unpaired) electrons. The van der Waals surface area contributed by atoms with Gasteiger partial charge < -0.3 is 0 Å². The van der Waals surface area contributed by atoms with E-state index in [2.05, 4.69) is 88.8 Å². The highest BCUT2D eigenvalue weighted by Gasteiger charge is 2.22. The molecule has 0 heteroatoms. The fraction of sp³-hybridized carbons (Fsp3) is 0.867. The highest BCUT2D eigenvalue weighted by Crippen LogP contribution is 2.35. The molecule has 178 valence electrons. The van der Waals surface area contributed by atoms with Crippen LogP contribution in [0, 0.1) is 34.5 Å². The van der Waals surface area contributed by atoms with Crippen molar-refractivity contribution in [2.24, 2.45) is 34.5 Å². The molecule has 0 aliphatic rings. The van der Waals surface area contributed by atoms with Gasteiger partial charge in [0.2, 0.25) is 0 Å². The van der Waals surface area contributed by atoms with Gasteiger partial charge in [-0.2, -0.15) is 0 Å². The zero-order chi connectivity index (χ0) is 23.5. The van der Waals surface area contributed by atoms with Crippen LogP contribution in [0.5, 0.6) is 0 Å². The lowest BCUT2D eigenvalue weighted by Crippen LogP contribution is -2.18. The van der Waals surface area contributed by atoms with Crippen molar-refractivity contribution in [3.63, 3.8) is 0 Å². The molecule has 0 N–H and O–H groups in total. The molecule has 1 atom stereocenters. The van der Waals surface area contributed by atoms with Gasteiger partial charge in [0.25, 0.3) is 0 Å². The molecule has 0 spiro atoms. The number of hydrogen-bond acceptors (Lipinski definition) is 0. The van der Waals surface area contributed by atoms with E-state index in [1.165, 1.54) is 63.4 Å². The van der Waals surface area contributed by atoms with Gasteiger partial charge in [0, 0.05) is 0 Å². The van der Waals surface area contributed by atoms with Gasteiger partial charge in [0.15, 0.2) is 0 Å². The molecule has 0 bridgehead atoms. The summed E-state index contributed by atoms with van der Waals surface area (Å²) in [7, 11) is 0. The maximum Gasteiger partial charge on any atom is -0.0166 e. The maximum absolute atomic E-state index is 4.54. The highest BCUT2D eigenvalue weighted by atomic mass is 14.3. The maximum atomic E-state index is 4.54. The SMILES string of the molecule is C=C(C(C)C)C(CCCCCCC(C)(C)C(C)C)C/C(=C/CC(C)C)CC(C)(C)C. The van der Waals surface area contributed by atoms with E-state index in [1.54, 1.807) is 5.57 Å². The molecule has 1 unspecified atom stereocenters. The average molecular weight is 419 g/mol. The first-order valence-electron chi connectivity index (χ1n) is 13.0. The Morgan fingerprint density at radius 3 is 1.87 bits per heavy atom. The molecule has 0 amide bonds. The Morgan fingerprint density at radius 1 is 0.833 bits per heavy atom. The van der Waals surface area contributed by atoms with Gasteiger partial charge >= 0.3 is 0 Å². The molecule has 0 nitrogen and oxygen atoms in total. The van der Waals surface area contributed by atoms with Crippen molar-refractivity contribution in [2.45, 2.75) is 134 Å². The predicted octanol–water partition coefficient (Wildman–Crippen LogP) is 10.6. The van der Waals surface area contributed by atoms with Crippen molar-refractivity contribution in [1.82, 2.24) is 0 Å². The molecule has 0 saturated heterocycles. The number of rotatable bonds is 15. The van der Waals surface area contributed by atoms with Crippen LogP contribution in [0.1, 0.15) is 134 Å². The van der Waals surface area contributed by atoms with Gasteiger partial charge in [-0.3, -0.25) is 0 Å². The summed E-state index contributed by atoms with van der Waals surface area (Å²) in [5, 5.41) is 0. The van der Waals surface area contributed by atoms with Gasteiger partial charge in [-0.15, -0.1) is 0 Å². The van der Waals surface area contributed by atoms with E-state index in [1.807, 2.05) is 0 Å². The summed E-state index contributed by atoms with van der Waals surface area (Å²) >= 11 is 0. The number of unbranched alkanes of at least 4 members (excludes halogenated alkanes) is 3. The minimum Gasteiger partial charge on any atom is -0.0993 e. The van der Waals surface area contributed by atoms with Crippen LogP contribution in [0.2, 0.25) is 0 Å². The summed E-state index contributed by atoms with van der Waals surface area (Å²) in [6.07, 6.45) is 14.4. The molecule has 0 aliphatic carbocycles. The number of hydrogen-bond donors (Lipinski definition) is 0. The third-order valence-electron chi connectivity index (χ3n) is 7.10. The first-order chi connectivity index (χ1) is 13.7. The topological polar surface area (TPSA) is 0 Å². The zero-order valence-corrected chi connectivity index (χ0v) is 23.0. The normalized spacial score (nSPS) is 14.8. The molecule has 0 fully saturated rings. The third kappa shape index (κ3) is 13.7. The molecular weight excluding hydrogens is 360 g/mol. The zero-order valence-electron chi connectivity index (χ0n) is 23.0. The van der Waals surface area contributed by atoms with Crippen molar-refractivity contribution in [1.29, 1.82) is 0 Å². The summed E-state index contributed by atoms with van der Waals surface area (Å²) in [5.41, 5.74) is 3.98. The second-order valence-electron chi connectivity index (χ2n) is 13.0. The summed E-state index contributed by atoms with van der Waals surface area (Å²) in [6.45, 7) is 30.6. The molecule has 0 aromatic heterocycles. The van der Waals surface area contributed by atoms with Crippen LogP contribution in [-0.4, -0.2) is 0 Å². The second kappa shape index (κ2) is 13.8. The molecule has 0 heterocycles. The lowest BCUT2D eigenvalue weighted by atomic mass is 9.76. The Labute approximate surface area is 192 Å². The third-order valence-corrected chi connectivity index (χ3v) is 7.10. The molecule has 0 aliphatic heterocycles. The van der Waals surface area contributed by atoms with Crippen molar-refractivity contribution in [3.05, 3.63) is 23.8 Å². The highest BCUT2D eigenvalue weighted by molar-refractivity contribution is 5.13. The molecule has 0 rings (SSSR count). The fourth-order valence-corrected chi connectivity index (χ4v) is 4.13. The van der Waals surface area contributed by atoms with E-state index in [4.69, 9.17) is 0 Å². The van der Waals surface area contributed by atoms with Crippen LogP contribution in [-0.2, 0) is 0 Å². The Kier molecular flexibility index (Phi) is 13.6. The fourth-order valence-electron chi connectivity index (χ4n) is 4.13. The van der Waals surface area contributed by atoms with Crippen LogP contribution in [0.15, 0.2) is 23.8 Å². The lowest BCUT2D eigenvalue weighted by molar-refractivity contribution is 0.220. The Bertz CT molecular complexity index is 493. The second-order valence-corrected chi connectivity index (χ2v) is 13.0. The standard InChI is InChI=1S/C30H58/c1-23(2)18-19-27(22-29(8,9)10)21-28(26(7)24(3)4)17-15-13-14-16-20-30(11,12)25(5)6/h19,23-25,28H,7,13-18,20-22H2,1-6,8-12H3/b27-19-. The van der Waals surface area contributed by atoms with Crippen LogP contribution in [0.3, 0.4) is 0 Å². The molecule has 0 aromatic carbocycles. The lowest BCUT2D eigenvalue weighted by Gasteiger charge is -2.29. The van der Waals surface area contributed by atoms with E-state index < -0.39 is 0 Å². The van der Waals surface area contributed by atoms with Crippen molar-refractivity contribution in [2.75, 3.05) is 0 Å². The Balaban J connectivity index is 4.86. The van der Waals surface area contributed by atoms with Crippen LogP contribution in [0.25, 0.3) is 0 Å². The van der Waals surface area contributed by atoms with Gasteiger partial charge in [-0.05, 0) is 66.6 Å². The largest absolute Gasteiger partial charge is 0.0993 e. The van der Waals surface area contributed by atoms with Crippen molar-refractivity contribution >= 4 is 0 Å². The summed E-state index contributed by atoms with van der Waals surface area (Å²) < 4.78 is 0. The first kappa shape index (κ1) is 29.5. The average Bonchev–Trinajstić information content (AvgIpc) is 2.59. The smallest absolute Gasteiger partial charge is 0.0166 e. The summed E-state index contributed by atoms with van der Waals surface area (Å²) in [5.74, 6) is 2.75. The van der Waals surface area contributed by atoms with Crippen molar-refractivity contribution in [3.8, 4) is 0 Å². The van der Waals surface area contributed by atoms with Crippen LogP contribution >= 0.6 is 0 Å².